The van der Waals surface area contributed by atoms with Gasteiger partial charge < -0.3 is 10.1 Å². The van der Waals surface area contributed by atoms with Gasteiger partial charge in [-0.05, 0) is 12.5 Å². The molecule has 0 fully saturated rings. The standard InChI is InChI=1S/C14H20F3NO/c1-10(2)18-9-13(12-7-5-4-6-8-12)19-11(3)14(15,16)17/h4-8,10-11,13,18H,9H2,1-3H3. The number of alkyl halides is 3. The van der Waals surface area contributed by atoms with E-state index < -0.39 is 18.4 Å². The number of hydrogen-bond donors (Lipinski definition) is 1. The number of halogens is 3. The van der Waals surface area contributed by atoms with Crippen LogP contribution in [0.4, 0.5) is 13.2 Å². The predicted octanol–water partition coefficient (Wildman–Crippen LogP) is 3.69. The van der Waals surface area contributed by atoms with Crippen molar-refractivity contribution in [1.29, 1.82) is 0 Å². The Morgan fingerprint density at radius 2 is 1.68 bits per heavy atom. The first-order valence-corrected chi connectivity index (χ1v) is 6.31. The molecule has 0 spiro atoms. The lowest BCUT2D eigenvalue weighted by Gasteiger charge is -2.25. The molecule has 0 bridgehead atoms. The summed E-state index contributed by atoms with van der Waals surface area (Å²) < 4.78 is 42.9. The Bertz CT molecular complexity index is 365. The summed E-state index contributed by atoms with van der Waals surface area (Å²) in [6.45, 7) is 5.26. The molecule has 2 atom stereocenters. The largest absolute Gasteiger partial charge is 0.414 e. The maximum atomic E-state index is 12.6. The van der Waals surface area contributed by atoms with Crippen molar-refractivity contribution in [3.63, 3.8) is 0 Å². The van der Waals surface area contributed by atoms with E-state index >= 15 is 0 Å². The van der Waals surface area contributed by atoms with Crippen LogP contribution in [0.15, 0.2) is 30.3 Å². The van der Waals surface area contributed by atoms with Gasteiger partial charge in [0.1, 0.15) is 0 Å². The monoisotopic (exact) mass is 275 g/mol. The van der Waals surface area contributed by atoms with E-state index in [1.165, 1.54) is 0 Å². The lowest BCUT2D eigenvalue weighted by Crippen LogP contribution is -2.35. The Morgan fingerprint density at radius 1 is 1.11 bits per heavy atom. The molecule has 0 aliphatic rings. The van der Waals surface area contributed by atoms with Crippen LogP contribution in [-0.4, -0.2) is 24.9 Å². The van der Waals surface area contributed by atoms with Crippen LogP contribution in [0.3, 0.4) is 0 Å². The first kappa shape index (κ1) is 16.0. The minimum Gasteiger partial charge on any atom is -0.360 e. The minimum atomic E-state index is -4.34. The SMILES string of the molecule is CC(C)NCC(OC(C)C(F)(F)F)c1ccccc1. The maximum absolute atomic E-state index is 12.6. The van der Waals surface area contributed by atoms with Crippen molar-refractivity contribution in [2.45, 2.75) is 45.2 Å². The summed E-state index contributed by atoms with van der Waals surface area (Å²) in [5, 5.41) is 3.11. The van der Waals surface area contributed by atoms with Gasteiger partial charge in [0.25, 0.3) is 0 Å². The molecular weight excluding hydrogens is 255 g/mol. The number of ether oxygens (including phenoxy) is 1. The molecule has 0 amide bonds. The molecule has 2 nitrogen and oxygen atoms in total. The van der Waals surface area contributed by atoms with Crippen molar-refractivity contribution < 1.29 is 17.9 Å². The first-order chi connectivity index (χ1) is 8.80. The second-order valence-corrected chi connectivity index (χ2v) is 4.78. The summed E-state index contributed by atoms with van der Waals surface area (Å²) in [5.41, 5.74) is 0.742. The molecule has 19 heavy (non-hydrogen) atoms. The number of nitrogens with one attached hydrogen (secondary N) is 1. The van der Waals surface area contributed by atoms with Gasteiger partial charge in [0.15, 0.2) is 6.10 Å². The lowest BCUT2D eigenvalue weighted by molar-refractivity contribution is -0.227. The Balaban J connectivity index is 2.76. The highest BCUT2D eigenvalue weighted by atomic mass is 19.4. The van der Waals surface area contributed by atoms with Crippen molar-refractivity contribution >= 4 is 0 Å². The summed E-state index contributed by atoms with van der Waals surface area (Å²) in [6, 6.07) is 9.14. The van der Waals surface area contributed by atoms with Gasteiger partial charge >= 0.3 is 6.18 Å². The Morgan fingerprint density at radius 3 is 2.16 bits per heavy atom. The summed E-state index contributed by atoms with van der Waals surface area (Å²) in [6.07, 6.45) is -6.74. The highest BCUT2D eigenvalue weighted by Crippen LogP contribution is 2.28. The molecule has 1 rings (SSSR count). The Hall–Kier alpha value is -1.07. The van der Waals surface area contributed by atoms with Gasteiger partial charge in [-0.3, -0.25) is 0 Å². The maximum Gasteiger partial charge on any atom is 0.414 e. The molecule has 5 heteroatoms. The zero-order chi connectivity index (χ0) is 14.5. The Kier molecular flexibility index (Phi) is 5.82. The van der Waals surface area contributed by atoms with Gasteiger partial charge in [0.2, 0.25) is 0 Å². The first-order valence-electron chi connectivity index (χ1n) is 6.31. The van der Waals surface area contributed by atoms with Crippen LogP contribution < -0.4 is 5.32 Å². The van der Waals surface area contributed by atoms with Crippen LogP contribution >= 0.6 is 0 Å². The molecule has 0 saturated heterocycles. The second-order valence-electron chi connectivity index (χ2n) is 4.78. The lowest BCUT2D eigenvalue weighted by atomic mass is 10.1. The predicted molar refractivity (Wildman–Crippen MR) is 68.9 cm³/mol. The van der Waals surface area contributed by atoms with E-state index in [1.807, 2.05) is 19.9 Å². The average Bonchev–Trinajstić information content (AvgIpc) is 2.33. The molecule has 108 valence electrons. The molecule has 1 aromatic rings. The molecule has 0 aromatic heterocycles. The highest BCUT2D eigenvalue weighted by molar-refractivity contribution is 5.18. The van der Waals surface area contributed by atoms with Crippen molar-refractivity contribution in [1.82, 2.24) is 5.32 Å². The minimum absolute atomic E-state index is 0.191. The number of rotatable bonds is 6. The van der Waals surface area contributed by atoms with Crippen molar-refractivity contribution in [2.24, 2.45) is 0 Å². The average molecular weight is 275 g/mol. The summed E-state index contributed by atoms with van der Waals surface area (Å²) >= 11 is 0. The summed E-state index contributed by atoms with van der Waals surface area (Å²) in [4.78, 5) is 0. The van der Waals surface area contributed by atoms with E-state index in [4.69, 9.17) is 4.74 Å². The molecule has 1 N–H and O–H groups in total. The molecule has 0 heterocycles. The smallest absolute Gasteiger partial charge is 0.360 e. The Labute approximate surface area is 112 Å². The second kappa shape index (κ2) is 6.91. The molecule has 0 radical (unpaired) electrons. The molecule has 1 aromatic carbocycles. The van der Waals surface area contributed by atoms with Crippen LogP contribution in [-0.2, 0) is 4.74 Å². The van der Waals surface area contributed by atoms with Gasteiger partial charge in [0, 0.05) is 12.6 Å². The summed E-state index contributed by atoms with van der Waals surface area (Å²) in [7, 11) is 0. The topological polar surface area (TPSA) is 21.3 Å². The van der Waals surface area contributed by atoms with Crippen molar-refractivity contribution in [2.75, 3.05) is 6.54 Å². The fourth-order valence-electron chi connectivity index (χ4n) is 1.58. The van der Waals surface area contributed by atoms with E-state index in [0.29, 0.717) is 6.54 Å². The van der Waals surface area contributed by atoms with Gasteiger partial charge in [-0.2, -0.15) is 13.2 Å². The number of hydrogen-bond acceptors (Lipinski definition) is 2. The van der Waals surface area contributed by atoms with Crippen molar-refractivity contribution in [3.05, 3.63) is 35.9 Å². The van der Waals surface area contributed by atoms with E-state index in [0.717, 1.165) is 12.5 Å². The molecule has 2 unspecified atom stereocenters. The normalized spacial score (nSPS) is 15.5. The zero-order valence-corrected chi connectivity index (χ0v) is 11.4. The van der Waals surface area contributed by atoms with E-state index in [2.05, 4.69) is 5.32 Å². The third-order valence-corrected chi connectivity index (χ3v) is 2.71. The highest BCUT2D eigenvalue weighted by Gasteiger charge is 2.38. The molecule has 0 aliphatic carbocycles. The van der Waals surface area contributed by atoms with Crippen LogP contribution in [0.2, 0.25) is 0 Å². The molecule has 0 saturated carbocycles. The van der Waals surface area contributed by atoms with Crippen LogP contribution in [0.5, 0.6) is 0 Å². The third kappa shape index (κ3) is 5.61. The van der Waals surface area contributed by atoms with Crippen LogP contribution in [0.1, 0.15) is 32.4 Å². The molecule has 0 aliphatic heterocycles. The van der Waals surface area contributed by atoms with Gasteiger partial charge in [0.05, 0.1) is 6.10 Å². The fraction of sp³-hybridized carbons (Fsp3) is 0.571. The van der Waals surface area contributed by atoms with E-state index in [1.54, 1.807) is 24.3 Å². The van der Waals surface area contributed by atoms with Gasteiger partial charge in [-0.1, -0.05) is 44.2 Å². The van der Waals surface area contributed by atoms with E-state index in [9.17, 15) is 13.2 Å². The van der Waals surface area contributed by atoms with Gasteiger partial charge in [-0.15, -0.1) is 0 Å². The molecular formula is C14H20F3NO. The van der Waals surface area contributed by atoms with Gasteiger partial charge in [-0.25, -0.2) is 0 Å². The summed E-state index contributed by atoms with van der Waals surface area (Å²) in [5.74, 6) is 0. The third-order valence-electron chi connectivity index (χ3n) is 2.71. The fourth-order valence-corrected chi connectivity index (χ4v) is 1.58. The quantitative estimate of drug-likeness (QED) is 0.855. The van der Waals surface area contributed by atoms with Crippen molar-refractivity contribution in [3.8, 4) is 0 Å². The number of benzene rings is 1. The van der Waals surface area contributed by atoms with Crippen LogP contribution in [0.25, 0.3) is 0 Å². The zero-order valence-electron chi connectivity index (χ0n) is 11.4. The van der Waals surface area contributed by atoms with Crippen LogP contribution in [0, 0.1) is 0 Å². The van der Waals surface area contributed by atoms with E-state index in [-0.39, 0.29) is 6.04 Å².